The standard InChI is InChI=1S/C18H18ClN3O5/c1-21-12-8-22(9-13(12)26-7-6-14(21)23)17-15(18(24)25)16(27-20-17)10-2-4-11(19)5-3-10/h2-5,12-13H,6-9H2,1H3,(H,24,25)/t12-,13-/m0/s1. The van der Waals surface area contributed by atoms with Crippen LogP contribution in [0.3, 0.4) is 0 Å². The number of carboxylic acids is 1. The number of benzene rings is 1. The Bertz CT molecular complexity index is 882. The van der Waals surface area contributed by atoms with Gasteiger partial charge in [-0.05, 0) is 24.3 Å². The van der Waals surface area contributed by atoms with Crippen LogP contribution in [0.25, 0.3) is 11.3 Å². The number of amides is 1. The molecular weight excluding hydrogens is 374 g/mol. The van der Waals surface area contributed by atoms with E-state index in [1.54, 1.807) is 41.1 Å². The molecule has 2 aromatic rings. The second-order valence-electron chi connectivity index (χ2n) is 6.66. The molecule has 2 atom stereocenters. The third kappa shape index (κ3) is 3.15. The fourth-order valence-corrected chi connectivity index (χ4v) is 3.74. The van der Waals surface area contributed by atoms with Gasteiger partial charge in [0.2, 0.25) is 5.91 Å². The fraction of sp³-hybridized carbons (Fsp3) is 0.389. The van der Waals surface area contributed by atoms with Gasteiger partial charge in [-0.15, -0.1) is 0 Å². The largest absolute Gasteiger partial charge is 0.477 e. The van der Waals surface area contributed by atoms with E-state index in [4.69, 9.17) is 20.9 Å². The zero-order valence-electron chi connectivity index (χ0n) is 14.6. The van der Waals surface area contributed by atoms with Crippen LogP contribution in [0, 0.1) is 0 Å². The summed E-state index contributed by atoms with van der Waals surface area (Å²) in [4.78, 5) is 27.5. The Hall–Kier alpha value is -2.58. The van der Waals surface area contributed by atoms with E-state index in [9.17, 15) is 14.7 Å². The van der Waals surface area contributed by atoms with Crippen LogP contribution in [0.5, 0.6) is 0 Å². The minimum absolute atomic E-state index is 0.0113. The van der Waals surface area contributed by atoms with Crippen molar-refractivity contribution in [2.45, 2.75) is 18.6 Å². The molecule has 1 aromatic carbocycles. The summed E-state index contributed by atoms with van der Waals surface area (Å²) in [6, 6.07) is 6.53. The summed E-state index contributed by atoms with van der Waals surface area (Å²) in [7, 11) is 1.75. The van der Waals surface area contributed by atoms with Crippen LogP contribution in [0.4, 0.5) is 5.82 Å². The maximum atomic E-state index is 12.1. The van der Waals surface area contributed by atoms with E-state index in [1.807, 2.05) is 0 Å². The number of carbonyl (C=O) groups is 2. The molecule has 0 spiro atoms. The summed E-state index contributed by atoms with van der Waals surface area (Å²) in [6.07, 6.45) is 0.160. The summed E-state index contributed by atoms with van der Waals surface area (Å²) in [5.41, 5.74) is 0.565. The number of ether oxygens (including phenoxy) is 1. The van der Waals surface area contributed by atoms with Gasteiger partial charge in [-0.1, -0.05) is 16.8 Å². The summed E-state index contributed by atoms with van der Waals surface area (Å²) in [5, 5.41) is 14.3. The van der Waals surface area contributed by atoms with Crippen molar-refractivity contribution in [3.8, 4) is 11.3 Å². The minimum atomic E-state index is -1.13. The molecule has 0 unspecified atom stereocenters. The monoisotopic (exact) mass is 391 g/mol. The first-order chi connectivity index (χ1) is 13.0. The average Bonchev–Trinajstić information content (AvgIpc) is 3.23. The van der Waals surface area contributed by atoms with Gasteiger partial charge in [0.25, 0.3) is 0 Å². The topological polar surface area (TPSA) is 96.1 Å². The molecule has 27 heavy (non-hydrogen) atoms. The first-order valence-electron chi connectivity index (χ1n) is 8.57. The minimum Gasteiger partial charge on any atom is -0.477 e. The van der Waals surface area contributed by atoms with Crippen molar-refractivity contribution >= 4 is 29.3 Å². The first kappa shape index (κ1) is 17.8. The van der Waals surface area contributed by atoms with E-state index in [0.717, 1.165) is 0 Å². The molecule has 2 fully saturated rings. The smallest absolute Gasteiger partial charge is 0.343 e. The molecule has 0 bridgehead atoms. The number of carboxylic acid groups (broad SMARTS) is 1. The highest BCUT2D eigenvalue weighted by Crippen LogP contribution is 2.35. The second kappa shape index (κ2) is 6.86. The molecule has 0 radical (unpaired) electrons. The predicted octanol–water partition coefficient (Wildman–Crippen LogP) is 2.13. The lowest BCUT2D eigenvalue weighted by atomic mass is 10.1. The number of fused-ring (bicyclic) bond motifs is 1. The van der Waals surface area contributed by atoms with Crippen molar-refractivity contribution in [3.05, 3.63) is 34.9 Å². The van der Waals surface area contributed by atoms with E-state index in [2.05, 4.69) is 5.16 Å². The molecule has 2 saturated heterocycles. The fourth-order valence-electron chi connectivity index (χ4n) is 3.61. The number of hydrogen-bond donors (Lipinski definition) is 1. The quantitative estimate of drug-likeness (QED) is 0.856. The third-order valence-electron chi connectivity index (χ3n) is 5.07. The van der Waals surface area contributed by atoms with Crippen LogP contribution < -0.4 is 4.90 Å². The highest BCUT2D eigenvalue weighted by molar-refractivity contribution is 6.30. The Balaban J connectivity index is 1.68. The lowest BCUT2D eigenvalue weighted by Crippen LogP contribution is -2.42. The Kier molecular flexibility index (Phi) is 4.53. The van der Waals surface area contributed by atoms with Gasteiger partial charge in [-0.25, -0.2) is 4.79 Å². The van der Waals surface area contributed by atoms with Crippen LogP contribution >= 0.6 is 11.6 Å². The second-order valence-corrected chi connectivity index (χ2v) is 7.10. The molecule has 2 aliphatic heterocycles. The number of halogens is 1. The third-order valence-corrected chi connectivity index (χ3v) is 5.32. The molecule has 9 heteroatoms. The summed E-state index contributed by atoms with van der Waals surface area (Å²) >= 11 is 5.90. The maximum absolute atomic E-state index is 12.1. The molecule has 8 nitrogen and oxygen atoms in total. The van der Waals surface area contributed by atoms with Crippen molar-refractivity contribution < 1.29 is 24.0 Å². The highest BCUT2D eigenvalue weighted by Gasteiger charge is 2.42. The number of nitrogens with zero attached hydrogens (tertiary/aromatic N) is 3. The number of aromatic nitrogens is 1. The zero-order chi connectivity index (χ0) is 19.1. The number of rotatable bonds is 3. The summed E-state index contributed by atoms with van der Waals surface area (Å²) in [5.74, 6) is -0.699. The SMILES string of the molecule is CN1C(=O)CCO[C@H]2CN(c3noc(-c4ccc(Cl)cc4)c3C(=O)O)C[C@@H]21. The van der Waals surface area contributed by atoms with Crippen LogP contribution in [0.15, 0.2) is 28.8 Å². The van der Waals surface area contributed by atoms with Crippen LogP contribution in [0.2, 0.25) is 5.02 Å². The molecule has 4 rings (SSSR count). The van der Waals surface area contributed by atoms with Crippen molar-refractivity contribution in [3.63, 3.8) is 0 Å². The number of anilines is 1. The normalized spacial score (nSPS) is 22.7. The number of likely N-dealkylation sites (N-methyl/N-ethyl adjacent to an activating group) is 1. The van der Waals surface area contributed by atoms with Crippen molar-refractivity contribution in [2.24, 2.45) is 0 Å². The lowest BCUT2D eigenvalue weighted by Gasteiger charge is -2.25. The Morgan fingerprint density at radius 3 is 2.74 bits per heavy atom. The lowest BCUT2D eigenvalue weighted by molar-refractivity contribution is -0.130. The van der Waals surface area contributed by atoms with E-state index in [1.165, 1.54) is 0 Å². The number of aromatic carboxylic acids is 1. The molecule has 1 amide bonds. The van der Waals surface area contributed by atoms with Gasteiger partial charge >= 0.3 is 5.97 Å². The molecule has 3 heterocycles. The number of carbonyl (C=O) groups excluding carboxylic acids is 1. The van der Waals surface area contributed by atoms with E-state index in [-0.39, 0.29) is 35.2 Å². The van der Waals surface area contributed by atoms with Gasteiger partial charge in [0.15, 0.2) is 17.1 Å². The van der Waals surface area contributed by atoms with Crippen molar-refractivity contribution in [2.75, 3.05) is 31.6 Å². The van der Waals surface area contributed by atoms with Gasteiger partial charge in [0.1, 0.15) is 0 Å². The van der Waals surface area contributed by atoms with Crippen LogP contribution in [0.1, 0.15) is 16.8 Å². The van der Waals surface area contributed by atoms with Gasteiger partial charge in [-0.3, -0.25) is 4.79 Å². The highest BCUT2D eigenvalue weighted by atomic mass is 35.5. The van der Waals surface area contributed by atoms with Crippen LogP contribution in [-0.4, -0.2) is 65.9 Å². The van der Waals surface area contributed by atoms with Gasteiger partial charge in [0, 0.05) is 30.7 Å². The van der Waals surface area contributed by atoms with Gasteiger partial charge < -0.3 is 24.2 Å². The Morgan fingerprint density at radius 1 is 1.30 bits per heavy atom. The average molecular weight is 392 g/mol. The summed E-state index contributed by atoms with van der Waals surface area (Å²) < 4.78 is 11.2. The Morgan fingerprint density at radius 2 is 2.04 bits per heavy atom. The molecule has 0 aliphatic carbocycles. The molecule has 2 aliphatic rings. The Labute approximate surface area is 160 Å². The van der Waals surface area contributed by atoms with Gasteiger partial charge in [-0.2, -0.15) is 0 Å². The van der Waals surface area contributed by atoms with Gasteiger partial charge in [0.05, 0.1) is 25.2 Å². The van der Waals surface area contributed by atoms with Crippen LogP contribution in [-0.2, 0) is 9.53 Å². The molecular formula is C18H18ClN3O5. The molecule has 142 valence electrons. The van der Waals surface area contributed by atoms with Crippen molar-refractivity contribution in [1.29, 1.82) is 0 Å². The summed E-state index contributed by atoms with van der Waals surface area (Å²) in [6.45, 7) is 1.23. The molecule has 0 saturated carbocycles. The van der Waals surface area contributed by atoms with E-state index < -0.39 is 5.97 Å². The predicted molar refractivity (Wildman–Crippen MR) is 97.0 cm³/mol. The number of hydrogen-bond acceptors (Lipinski definition) is 6. The molecule has 1 N–H and O–H groups in total. The first-order valence-corrected chi connectivity index (χ1v) is 8.94. The van der Waals surface area contributed by atoms with E-state index in [0.29, 0.717) is 36.7 Å². The zero-order valence-corrected chi connectivity index (χ0v) is 15.3. The maximum Gasteiger partial charge on any atom is 0.343 e. The molecule has 1 aromatic heterocycles. The van der Waals surface area contributed by atoms with E-state index >= 15 is 0 Å². The van der Waals surface area contributed by atoms with Crippen molar-refractivity contribution in [1.82, 2.24) is 10.1 Å².